The zero-order valence-electron chi connectivity index (χ0n) is 10.4. The Hall–Kier alpha value is -1.37. The van der Waals surface area contributed by atoms with Crippen LogP contribution in [0.25, 0.3) is 0 Å². The first-order valence-electron chi connectivity index (χ1n) is 5.79. The molecule has 0 aromatic heterocycles. The second-order valence-corrected chi connectivity index (χ2v) is 5.05. The number of benzene rings is 1. The number of aliphatic carboxylic acids is 1. The molecule has 0 radical (unpaired) electrons. The van der Waals surface area contributed by atoms with Gasteiger partial charge in [0, 0.05) is 0 Å². The Balaban J connectivity index is 2.30. The van der Waals surface area contributed by atoms with Crippen LogP contribution in [-0.4, -0.2) is 29.3 Å². The molecule has 0 aliphatic carbocycles. The first-order chi connectivity index (χ1) is 8.31. The number of nitrogens with two attached hydrogens (primary N) is 1. The summed E-state index contributed by atoms with van der Waals surface area (Å²) in [5.41, 5.74) is 7.37. The van der Waals surface area contributed by atoms with E-state index in [9.17, 15) is 9.82 Å². The van der Waals surface area contributed by atoms with Gasteiger partial charge in [0.1, 0.15) is 6.04 Å². The molecule has 1 heterocycles. The van der Waals surface area contributed by atoms with Crippen molar-refractivity contribution >= 4 is 18.6 Å². The molecule has 1 aromatic carbocycles. The maximum absolute atomic E-state index is 10.7. The average molecular weight is 249 g/mol. The van der Waals surface area contributed by atoms with E-state index in [1.807, 2.05) is 19.9 Å². The van der Waals surface area contributed by atoms with Crippen molar-refractivity contribution in [3.63, 3.8) is 0 Å². The lowest BCUT2D eigenvalue weighted by Crippen LogP contribution is -2.32. The predicted octanol–water partition coefficient (Wildman–Crippen LogP) is -0.406. The van der Waals surface area contributed by atoms with Crippen LogP contribution in [0.5, 0.6) is 0 Å². The topological polar surface area (TPSA) is 92.8 Å². The van der Waals surface area contributed by atoms with E-state index in [1.165, 1.54) is 0 Å². The predicted molar refractivity (Wildman–Crippen MR) is 67.5 cm³/mol. The third kappa shape index (κ3) is 2.27. The van der Waals surface area contributed by atoms with Gasteiger partial charge in [-0.25, -0.2) is 0 Å². The first-order valence-corrected chi connectivity index (χ1v) is 5.79. The molecule has 0 saturated heterocycles. The first kappa shape index (κ1) is 13.1. The van der Waals surface area contributed by atoms with Gasteiger partial charge in [-0.2, -0.15) is 0 Å². The van der Waals surface area contributed by atoms with Crippen LogP contribution in [0.15, 0.2) is 18.2 Å². The van der Waals surface area contributed by atoms with Gasteiger partial charge in [0.15, 0.2) is 0 Å². The Morgan fingerprint density at radius 1 is 1.56 bits per heavy atom. The molecule has 1 atom stereocenters. The Bertz CT molecular complexity index is 489. The Kier molecular flexibility index (Phi) is 3.19. The van der Waals surface area contributed by atoms with Gasteiger partial charge in [0.25, 0.3) is 0 Å². The minimum atomic E-state index is -1.02. The molecule has 1 aliphatic rings. The second-order valence-electron chi connectivity index (χ2n) is 5.05. The van der Waals surface area contributed by atoms with Crippen LogP contribution >= 0.6 is 0 Å². The van der Waals surface area contributed by atoms with E-state index in [4.69, 9.17) is 15.5 Å². The van der Waals surface area contributed by atoms with E-state index in [1.54, 1.807) is 12.1 Å². The molecular formula is C12H16BNO4. The fraction of sp³-hybridized carbons (Fsp3) is 0.417. The van der Waals surface area contributed by atoms with Crippen LogP contribution in [0.3, 0.4) is 0 Å². The van der Waals surface area contributed by atoms with Crippen LogP contribution in [0, 0.1) is 0 Å². The summed E-state index contributed by atoms with van der Waals surface area (Å²) in [5, 5.41) is 18.5. The lowest BCUT2D eigenvalue weighted by molar-refractivity contribution is -0.138. The van der Waals surface area contributed by atoms with Crippen LogP contribution in [0.1, 0.15) is 25.0 Å². The number of hydrogen-bond acceptors (Lipinski definition) is 4. The van der Waals surface area contributed by atoms with E-state index in [0.717, 1.165) is 16.6 Å². The largest absolute Gasteiger partial charge is 0.492 e. The molecule has 18 heavy (non-hydrogen) atoms. The molecule has 1 aromatic rings. The summed E-state index contributed by atoms with van der Waals surface area (Å²) in [5.74, 6) is -1.02. The number of carboxylic acid groups (broad SMARTS) is 1. The minimum absolute atomic E-state index is 0.259. The molecule has 4 N–H and O–H groups in total. The number of rotatable bonds is 3. The van der Waals surface area contributed by atoms with E-state index in [0.29, 0.717) is 0 Å². The third-order valence-electron chi connectivity index (χ3n) is 3.21. The van der Waals surface area contributed by atoms with Crippen LogP contribution in [0.2, 0.25) is 0 Å². The maximum Gasteiger partial charge on any atom is 0.492 e. The smallest absolute Gasteiger partial charge is 0.480 e. The summed E-state index contributed by atoms with van der Waals surface area (Å²) in [6.07, 6.45) is 0.259. The van der Waals surface area contributed by atoms with Crippen molar-refractivity contribution in [1.29, 1.82) is 0 Å². The van der Waals surface area contributed by atoms with Gasteiger partial charge in [-0.3, -0.25) is 4.79 Å². The van der Waals surface area contributed by atoms with E-state index in [-0.39, 0.29) is 6.42 Å². The van der Waals surface area contributed by atoms with Crippen molar-refractivity contribution in [3.05, 3.63) is 29.3 Å². The molecule has 0 fully saturated rings. The van der Waals surface area contributed by atoms with Gasteiger partial charge in [-0.05, 0) is 36.9 Å². The fourth-order valence-corrected chi connectivity index (χ4v) is 2.21. The van der Waals surface area contributed by atoms with Crippen LogP contribution < -0.4 is 11.2 Å². The SMILES string of the molecule is CC1(C)OB(O)c2ccc(C[C@H](N)C(=O)O)cc21. The monoisotopic (exact) mass is 249 g/mol. The van der Waals surface area contributed by atoms with Crippen molar-refractivity contribution in [3.8, 4) is 0 Å². The normalized spacial score (nSPS) is 18.6. The van der Waals surface area contributed by atoms with E-state index < -0.39 is 24.7 Å². The molecule has 2 rings (SSSR count). The van der Waals surface area contributed by atoms with Crippen molar-refractivity contribution < 1.29 is 19.6 Å². The summed E-state index contributed by atoms with van der Waals surface area (Å²) in [4.78, 5) is 10.7. The summed E-state index contributed by atoms with van der Waals surface area (Å²) in [6.45, 7) is 3.73. The Morgan fingerprint density at radius 3 is 2.83 bits per heavy atom. The summed E-state index contributed by atoms with van der Waals surface area (Å²) >= 11 is 0. The van der Waals surface area contributed by atoms with E-state index >= 15 is 0 Å². The highest BCUT2D eigenvalue weighted by Gasteiger charge is 2.40. The number of carboxylic acids is 1. The van der Waals surface area contributed by atoms with Gasteiger partial charge in [-0.1, -0.05) is 18.2 Å². The minimum Gasteiger partial charge on any atom is -0.480 e. The molecule has 0 saturated carbocycles. The lowest BCUT2D eigenvalue weighted by Gasteiger charge is -2.20. The third-order valence-corrected chi connectivity index (χ3v) is 3.21. The molecule has 6 heteroatoms. The molecule has 0 spiro atoms. The number of carbonyl (C=O) groups is 1. The average Bonchev–Trinajstić information content (AvgIpc) is 2.49. The molecule has 96 valence electrons. The molecule has 0 unspecified atom stereocenters. The molecule has 0 amide bonds. The lowest BCUT2D eigenvalue weighted by atomic mass is 9.77. The standard InChI is InChI=1S/C12H16BNO4/c1-12(2)8-5-7(6-10(14)11(15)16)3-4-9(8)13(17)18-12/h3-5,10,17H,6,14H2,1-2H3,(H,15,16)/t10-/m0/s1. The molecule has 0 bridgehead atoms. The highest BCUT2D eigenvalue weighted by Crippen LogP contribution is 2.30. The Labute approximate surface area is 106 Å². The van der Waals surface area contributed by atoms with Crippen LogP contribution in [0.4, 0.5) is 0 Å². The van der Waals surface area contributed by atoms with Gasteiger partial charge in [0.2, 0.25) is 0 Å². The highest BCUT2D eigenvalue weighted by atomic mass is 16.5. The van der Waals surface area contributed by atoms with Crippen molar-refractivity contribution in [2.45, 2.75) is 31.9 Å². The van der Waals surface area contributed by atoms with Crippen molar-refractivity contribution in [2.24, 2.45) is 5.73 Å². The zero-order valence-corrected chi connectivity index (χ0v) is 10.4. The molecular weight excluding hydrogens is 233 g/mol. The number of hydrogen-bond donors (Lipinski definition) is 3. The van der Waals surface area contributed by atoms with Crippen molar-refractivity contribution in [2.75, 3.05) is 0 Å². The van der Waals surface area contributed by atoms with Gasteiger partial charge in [-0.15, -0.1) is 0 Å². The molecule has 1 aliphatic heterocycles. The van der Waals surface area contributed by atoms with E-state index in [2.05, 4.69) is 0 Å². The quantitative estimate of drug-likeness (QED) is 0.633. The summed E-state index contributed by atoms with van der Waals surface area (Å²) < 4.78 is 5.43. The fourth-order valence-electron chi connectivity index (χ4n) is 2.21. The molecule has 5 nitrogen and oxygen atoms in total. The summed E-state index contributed by atoms with van der Waals surface area (Å²) in [6, 6.07) is 4.47. The Morgan fingerprint density at radius 2 is 2.22 bits per heavy atom. The van der Waals surface area contributed by atoms with Crippen molar-refractivity contribution in [1.82, 2.24) is 0 Å². The van der Waals surface area contributed by atoms with Crippen LogP contribution in [-0.2, 0) is 21.5 Å². The van der Waals surface area contributed by atoms with Gasteiger partial charge in [0.05, 0.1) is 5.60 Å². The zero-order chi connectivity index (χ0) is 13.5. The van der Waals surface area contributed by atoms with Gasteiger partial charge >= 0.3 is 13.1 Å². The number of fused-ring (bicyclic) bond motifs is 1. The maximum atomic E-state index is 10.7. The summed E-state index contributed by atoms with van der Waals surface area (Å²) in [7, 11) is -0.919. The second kappa shape index (κ2) is 4.38. The highest BCUT2D eigenvalue weighted by molar-refractivity contribution is 6.61. The van der Waals surface area contributed by atoms with Gasteiger partial charge < -0.3 is 20.5 Å².